The van der Waals surface area contributed by atoms with Gasteiger partial charge in [-0.15, -0.1) is 0 Å². The first-order valence-electron chi connectivity index (χ1n) is 15.4. The van der Waals surface area contributed by atoms with Crippen molar-refractivity contribution in [1.29, 1.82) is 0 Å². The molecular weight excluding hydrogens is 628 g/mol. The van der Waals surface area contributed by atoms with Gasteiger partial charge in [-0.1, -0.05) is 6.07 Å². The second-order valence-electron chi connectivity index (χ2n) is 12.5. The van der Waals surface area contributed by atoms with Crippen LogP contribution in [-0.4, -0.2) is 126 Å². The highest BCUT2D eigenvalue weighted by atomic mass is 16.8. The van der Waals surface area contributed by atoms with Gasteiger partial charge in [0, 0.05) is 23.5 Å². The van der Waals surface area contributed by atoms with Gasteiger partial charge < -0.3 is 78.0 Å². The molecule has 16 nitrogen and oxygen atoms in total. The molecule has 12 unspecified atom stereocenters. The van der Waals surface area contributed by atoms with Crippen LogP contribution in [0.4, 0.5) is 0 Å². The largest absolute Gasteiger partial charge is 0.461 e. The zero-order valence-corrected chi connectivity index (χ0v) is 25.0. The molecule has 0 bridgehead atoms. The highest BCUT2D eigenvalue weighted by Gasteiger charge is 2.54. The third-order valence-corrected chi connectivity index (χ3v) is 9.74. The summed E-state index contributed by atoms with van der Waals surface area (Å²) in [6.45, 7) is -0.990. The number of aliphatic hydroxyl groups excluding tert-OH is 5. The van der Waals surface area contributed by atoms with E-state index in [1.165, 1.54) is 0 Å². The molecule has 0 spiro atoms. The van der Waals surface area contributed by atoms with Gasteiger partial charge in [0.1, 0.15) is 35.8 Å². The second kappa shape index (κ2) is 12.2. The fourth-order valence-electron chi connectivity index (χ4n) is 7.05. The van der Waals surface area contributed by atoms with Gasteiger partial charge >= 0.3 is 0 Å². The minimum absolute atomic E-state index is 0.0114. The minimum Gasteiger partial charge on any atom is -0.461 e. The van der Waals surface area contributed by atoms with Crippen LogP contribution < -0.4 is 23.7 Å². The van der Waals surface area contributed by atoms with Crippen LogP contribution in [-0.2, 0) is 23.7 Å². The SMILES string of the molecule is OCC1OC(Oc2cc3c(cc2C2OCC4C(c5ccc6c(c5)OCO6)OCC24)OCO3)C(OC2OCC(O)(CO)C2O)C(O)C1O. The summed E-state index contributed by atoms with van der Waals surface area (Å²) in [6, 6.07) is 9.07. The average molecular weight is 665 g/mol. The van der Waals surface area contributed by atoms with Crippen molar-refractivity contribution in [2.24, 2.45) is 11.8 Å². The summed E-state index contributed by atoms with van der Waals surface area (Å²) < 4.78 is 58.4. The van der Waals surface area contributed by atoms with Crippen LogP contribution in [0.25, 0.3) is 0 Å². The molecule has 6 aliphatic rings. The van der Waals surface area contributed by atoms with Gasteiger partial charge in [0.2, 0.25) is 19.9 Å². The highest BCUT2D eigenvalue weighted by Crippen LogP contribution is 2.54. The molecule has 0 amide bonds. The predicted molar refractivity (Wildman–Crippen MR) is 151 cm³/mol. The molecule has 12 atom stereocenters. The Morgan fingerprint density at radius 2 is 1.45 bits per heavy atom. The first-order chi connectivity index (χ1) is 22.8. The van der Waals surface area contributed by atoms with Gasteiger partial charge in [0.15, 0.2) is 35.4 Å². The maximum Gasteiger partial charge on any atom is 0.231 e. The number of hydrogen-bond acceptors (Lipinski definition) is 16. The lowest BCUT2D eigenvalue weighted by atomic mass is 9.84. The molecule has 4 saturated heterocycles. The first kappa shape index (κ1) is 31.3. The molecule has 6 heterocycles. The van der Waals surface area contributed by atoms with Crippen LogP contribution in [0.2, 0.25) is 0 Å². The smallest absolute Gasteiger partial charge is 0.231 e. The van der Waals surface area contributed by atoms with Crippen LogP contribution >= 0.6 is 0 Å². The van der Waals surface area contributed by atoms with E-state index >= 15 is 0 Å². The normalized spacial score (nSPS) is 40.2. The molecule has 16 heteroatoms. The van der Waals surface area contributed by atoms with Crippen molar-refractivity contribution >= 4 is 0 Å². The number of ether oxygens (including phenoxy) is 10. The molecular formula is C31H36O16. The van der Waals surface area contributed by atoms with E-state index in [2.05, 4.69) is 0 Å². The van der Waals surface area contributed by atoms with Crippen LogP contribution in [0.3, 0.4) is 0 Å². The maximum atomic E-state index is 11.1. The van der Waals surface area contributed by atoms with Gasteiger partial charge in [-0.25, -0.2) is 0 Å². The predicted octanol–water partition coefficient (Wildman–Crippen LogP) is -1.14. The number of benzene rings is 2. The zero-order chi connectivity index (χ0) is 32.4. The van der Waals surface area contributed by atoms with E-state index in [0.717, 1.165) is 5.56 Å². The summed E-state index contributed by atoms with van der Waals surface area (Å²) in [4.78, 5) is 0. The molecule has 0 radical (unpaired) electrons. The number of fused-ring (bicyclic) bond motifs is 3. The van der Waals surface area contributed by atoms with E-state index in [1.54, 1.807) is 12.1 Å². The van der Waals surface area contributed by atoms with Crippen molar-refractivity contribution in [3.63, 3.8) is 0 Å². The lowest BCUT2D eigenvalue weighted by Crippen LogP contribution is -2.62. The monoisotopic (exact) mass is 664 g/mol. The topological polar surface area (TPSA) is 214 Å². The first-order valence-corrected chi connectivity index (χ1v) is 15.4. The van der Waals surface area contributed by atoms with Crippen molar-refractivity contribution < 1.29 is 78.0 Å². The van der Waals surface area contributed by atoms with Crippen LogP contribution in [0.15, 0.2) is 30.3 Å². The molecule has 6 aliphatic heterocycles. The molecule has 0 aromatic heterocycles. The highest BCUT2D eigenvalue weighted by molar-refractivity contribution is 5.53. The molecule has 8 rings (SSSR count). The Balaban J connectivity index is 1.08. The van der Waals surface area contributed by atoms with Crippen molar-refractivity contribution in [3.05, 3.63) is 41.5 Å². The zero-order valence-electron chi connectivity index (χ0n) is 25.0. The summed E-state index contributed by atoms with van der Waals surface area (Å²) in [6.07, 6.45) is -11.5. The molecule has 2 aromatic carbocycles. The fraction of sp³-hybridized carbons (Fsp3) is 0.613. The third-order valence-electron chi connectivity index (χ3n) is 9.74. The van der Waals surface area contributed by atoms with Crippen molar-refractivity contribution in [2.45, 2.75) is 60.9 Å². The van der Waals surface area contributed by atoms with Gasteiger partial charge in [0.25, 0.3) is 0 Å². The van der Waals surface area contributed by atoms with Crippen molar-refractivity contribution in [3.8, 4) is 28.7 Å². The Hall–Kier alpha value is -3.00. The van der Waals surface area contributed by atoms with E-state index in [0.29, 0.717) is 41.8 Å². The Bertz CT molecular complexity index is 1470. The fourth-order valence-corrected chi connectivity index (χ4v) is 7.05. The minimum atomic E-state index is -2.00. The maximum absolute atomic E-state index is 11.1. The van der Waals surface area contributed by atoms with E-state index in [1.807, 2.05) is 18.2 Å². The molecule has 256 valence electrons. The summed E-state index contributed by atoms with van der Waals surface area (Å²) >= 11 is 0. The van der Waals surface area contributed by atoms with Crippen molar-refractivity contribution in [2.75, 3.05) is 46.6 Å². The Labute approximate surface area is 267 Å². The summed E-state index contributed by atoms with van der Waals surface area (Å²) in [7, 11) is 0. The number of hydrogen-bond donors (Lipinski definition) is 6. The molecule has 4 fully saturated rings. The van der Waals surface area contributed by atoms with Gasteiger partial charge in [0.05, 0.1) is 45.2 Å². The summed E-state index contributed by atoms with van der Waals surface area (Å²) in [5.74, 6) is 2.31. The van der Waals surface area contributed by atoms with Crippen LogP contribution in [0, 0.1) is 11.8 Å². The van der Waals surface area contributed by atoms with E-state index in [-0.39, 0.29) is 37.3 Å². The quantitative estimate of drug-likeness (QED) is 0.197. The molecule has 6 N–H and O–H groups in total. The second-order valence-corrected chi connectivity index (χ2v) is 12.5. The third kappa shape index (κ3) is 5.28. The molecule has 0 saturated carbocycles. The average Bonchev–Trinajstić information content (AvgIpc) is 3.91. The lowest BCUT2D eigenvalue weighted by Gasteiger charge is -2.43. The summed E-state index contributed by atoms with van der Waals surface area (Å²) in [5, 5.41) is 62.2. The molecule has 47 heavy (non-hydrogen) atoms. The van der Waals surface area contributed by atoms with Crippen LogP contribution in [0.5, 0.6) is 28.7 Å². The van der Waals surface area contributed by atoms with E-state index in [9.17, 15) is 30.6 Å². The van der Waals surface area contributed by atoms with E-state index in [4.69, 9.17) is 47.4 Å². The molecule has 2 aromatic rings. The molecule has 0 aliphatic carbocycles. The number of rotatable bonds is 8. The van der Waals surface area contributed by atoms with E-state index < -0.39 is 74.6 Å². The Kier molecular flexibility index (Phi) is 8.09. The summed E-state index contributed by atoms with van der Waals surface area (Å²) in [5.41, 5.74) is -0.487. The van der Waals surface area contributed by atoms with Crippen molar-refractivity contribution in [1.82, 2.24) is 0 Å². The Morgan fingerprint density at radius 1 is 0.766 bits per heavy atom. The Morgan fingerprint density at radius 3 is 2.17 bits per heavy atom. The van der Waals surface area contributed by atoms with Gasteiger partial charge in [-0.3, -0.25) is 0 Å². The van der Waals surface area contributed by atoms with Gasteiger partial charge in [-0.2, -0.15) is 0 Å². The number of aliphatic hydroxyl groups is 6. The van der Waals surface area contributed by atoms with Crippen LogP contribution in [0.1, 0.15) is 23.3 Å². The standard InChI is InChI=1S/C31H36O16/c32-6-22-23(34)24(35)27(47-30-28(36)31(37,9-33)10-40-30)29(46-22)45-18-5-21-20(43-12-44-21)4-14(18)26-16-8-38-25(15(16)7-39-26)13-1-2-17-19(3-13)42-11-41-17/h1-5,15-16,22-30,32-37H,6-12H2. The van der Waals surface area contributed by atoms with Gasteiger partial charge in [-0.05, 0) is 23.8 Å². The lowest BCUT2D eigenvalue weighted by molar-refractivity contribution is -0.319.